The van der Waals surface area contributed by atoms with Crippen LogP contribution in [-0.2, 0) is 0 Å². The Hall–Kier alpha value is -2.80. The highest BCUT2D eigenvalue weighted by Gasteiger charge is 2.15. The van der Waals surface area contributed by atoms with Crippen molar-refractivity contribution in [3.63, 3.8) is 0 Å². The predicted octanol–water partition coefficient (Wildman–Crippen LogP) is 2.59. The highest BCUT2D eigenvalue weighted by molar-refractivity contribution is 5.48. The molecule has 0 fully saturated rings. The van der Waals surface area contributed by atoms with Crippen LogP contribution in [0.15, 0.2) is 47.4 Å². The highest BCUT2D eigenvalue weighted by Crippen LogP contribution is 2.19. The van der Waals surface area contributed by atoms with Gasteiger partial charge in [-0.25, -0.2) is 14.2 Å². The lowest BCUT2D eigenvalue weighted by molar-refractivity contribution is 0.730. The number of hydrogen-bond acceptors (Lipinski definition) is 2. The third-order valence-electron chi connectivity index (χ3n) is 3.46. The first-order chi connectivity index (χ1) is 10.1. The third-order valence-corrected chi connectivity index (χ3v) is 3.46. The van der Waals surface area contributed by atoms with E-state index in [1.54, 1.807) is 10.8 Å². The Morgan fingerprint density at radius 1 is 1.24 bits per heavy atom. The van der Waals surface area contributed by atoms with Crippen molar-refractivity contribution in [1.29, 1.82) is 0 Å². The lowest BCUT2D eigenvalue weighted by Crippen LogP contribution is -2.29. The van der Waals surface area contributed by atoms with E-state index >= 15 is 0 Å². The molecule has 104 valence electrons. The van der Waals surface area contributed by atoms with E-state index in [1.165, 1.54) is 4.40 Å². The van der Waals surface area contributed by atoms with Gasteiger partial charge in [0.05, 0.1) is 11.9 Å². The van der Waals surface area contributed by atoms with Crippen LogP contribution in [0, 0.1) is 12.3 Å². The molecule has 0 saturated heterocycles. The van der Waals surface area contributed by atoms with Gasteiger partial charge in [0.15, 0.2) is 0 Å². The van der Waals surface area contributed by atoms with Crippen LogP contribution in [-0.4, -0.2) is 14.0 Å². The first-order valence-corrected chi connectivity index (χ1v) is 6.79. The van der Waals surface area contributed by atoms with Gasteiger partial charge < -0.3 is 0 Å². The average molecular weight is 277 g/mol. The standard InChI is InChI=1S/C17H15N3O/c1-4-13-11-18-16-10-15(12(2)3)19(17(21)20(13)16)14-8-6-5-7-9-14/h1,5-12H,2-3H3. The maximum atomic E-state index is 12.9. The number of rotatable bonds is 2. The molecule has 0 aliphatic rings. The molecule has 0 N–H and O–H groups in total. The number of imidazole rings is 1. The molecule has 2 aromatic heterocycles. The fourth-order valence-electron chi connectivity index (χ4n) is 2.44. The van der Waals surface area contributed by atoms with Crippen molar-refractivity contribution in [2.24, 2.45) is 0 Å². The Morgan fingerprint density at radius 3 is 2.57 bits per heavy atom. The molecule has 0 spiro atoms. The topological polar surface area (TPSA) is 39.3 Å². The van der Waals surface area contributed by atoms with E-state index in [-0.39, 0.29) is 11.6 Å². The summed E-state index contributed by atoms with van der Waals surface area (Å²) < 4.78 is 3.17. The van der Waals surface area contributed by atoms with E-state index in [4.69, 9.17) is 6.42 Å². The summed E-state index contributed by atoms with van der Waals surface area (Å²) in [5.74, 6) is 2.69. The number of fused-ring (bicyclic) bond motifs is 1. The van der Waals surface area contributed by atoms with Gasteiger partial charge in [0, 0.05) is 11.8 Å². The second-order valence-electron chi connectivity index (χ2n) is 5.16. The number of hydrogen-bond donors (Lipinski definition) is 0. The zero-order chi connectivity index (χ0) is 15.0. The van der Waals surface area contributed by atoms with E-state index in [9.17, 15) is 4.79 Å². The maximum absolute atomic E-state index is 12.9. The molecule has 1 aromatic carbocycles. The summed E-state index contributed by atoms with van der Waals surface area (Å²) in [5, 5.41) is 0. The fraction of sp³-hybridized carbons (Fsp3) is 0.176. The minimum Gasteiger partial charge on any atom is -0.266 e. The van der Waals surface area contributed by atoms with Gasteiger partial charge in [-0.3, -0.25) is 4.57 Å². The molecule has 4 heteroatoms. The molecule has 2 heterocycles. The quantitative estimate of drug-likeness (QED) is 0.675. The van der Waals surface area contributed by atoms with Crippen LogP contribution in [0.5, 0.6) is 0 Å². The first-order valence-electron chi connectivity index (χ1n) is 6.79. The maximum Gasteiger partial charge on any atom is 0.339 e. The molecule has 0 amide bonds. The molecule has 0 radical (unpaired) electrons. The molecule has 3 rings (SSSR count). The van der Waals surface area contributed by atoms with Crippen LogP contribution in [0.3, 0.4) is 0 Å². The van der Waals surface area contributed by atoms with Gasteiger partial charge in [-0.05, 0) is 24.0 Å². The SMILES string of the molecule is C#Cc1cnc2cc(C(C)C)n(-c3ccccc3)c(=O)n12. The largest absolute Gasteiger partial charge is 0.339 e. The van der Waals surface area contributed by atoms with E-state index in [0.29, 0.717) is 11.3 Å². The van der Waals surface area contributed by atoms with Crippen molar-refractivity contribution in [2.45, 2.75) is 19.8 Å². The molecule has 21 heavy (non-hydrogen) atoms. The number of nitrogens with zero attached hydrogens (tertiary/aromatic N) is 3. The van der Waals surface area contributed by atoms with Gasteiger partial charge in [-0.1, -0.05) is 32.0 Å². The Morgan fingerprint density at radius 2 is 1.95 bits per heavy atom. The smallest absolute Gasteiger partial charge is 0.266 e. The van der Waals surface area contributed by atoms with E-state index in [2.05, 4.69) is 24.8 Å². The number of aromatic nitrogens is 3. The number of benzene rings is 1. The molecule has 0 saturated carbocycles. The summed E-state index contributed by atoms with van der Waals surface area (Å²) in [6.07, 6.45) is 7.01. The zero-order valence-electron chi connectivity index (χ0n) is 11.9. The van der Waals surface area contributed by atoms with Crippen molar-refractivity contribution in [1.82, 2.24) is 14.0 Å². The van der Waals surface area contributed by atoms with Crippen molar-refractivity contribution >= 4 is 5.65 Å². The molecule has 0 aliphatic carbocycles. The van der Waals surface area contributed by atoms with Gasteiger partial charge in [-0.15, -0.1) is 6.42 Å². The zero-order valence-corrected chi connectivity index (χ0v) is 11.9. The second kappa shape index (κ2) is 4.95. The van der Waals surface area contributed by atoms with Crippen molar-refractivity contribution in [2.75, 3.05) is 0 Å². The molecule has 0 unspecified atom stereocenters. The van der Waals surface area contributed by atoms with Crippen LogP contribution >= 0.6 is 0 Å². The minimum absolute atomic E-state index is 0.187. The van der Waals surface area contributed by atoms with Crippen LogP contribution in [0.1, 0.15) is 31.2 Å². The van der Waals surface area contributed by atoms with Crippen molar-refractivity contribution in [3.8, 4) is 18.0 Å². The lowest BCUT2D eigenvalue weighted by Gasteiger charge is -2.16. The van der Waals surface area contributed by atoms with Gasteiger partial charge in [0.1, 0.15) is 11.3 Å². The Kier molecular flexibility index (Phi) is 3.11. The summed E-state index contributed by atoms with van der Waals surface area (Å²) in [5.41, 5.74) is 2.60. The van der Waals surface area contributed by atoms with Gasteiger partial charge in [0.2, 0.25) is 0 Å². The van der Waals surface area contributed by atoms with Crippen LogP contribution in [0.4, 0.5) is 0 Å². The summed E-state index contributed by atoms with van der Waals surface area (Å²) >= 11 is 0. The van der Waals surface area contributed by atoms with E-state index in [0.717, 1.165) is 11.4 Å². The molecule has 4 nitrogen and oxygen atoms in total. The average Bonchev–Trinajstić information content (AvgIpc) is 2.91. The van der Waals surface area contributed by atoms with E-state index in [1.807, 2.05) is 36.4 Å². The third kappa shape index (κ3) is 2.03. The van der Waals surface area contributed by atoms with Gasteiger partial charge in [0.25, 0.3) is 0 Å². The van der Waals surface area contributed by atoms with Gasteiger partial charge >= 0.3 is 5.69 Å². The fourth-order valence-corrected chi connectivity index (χ4v) is 2.44. The minimum atomic E-state index is -0.187. The number of terminal acetylenes is 1. The molecule has 3 aromatic rings. The second-order valence-corrected chi connectivity index (χ2v) is 5.16. The Balaban J connectivity index is 2.46. The van der Waals surface area contributed by atoms with Crippen LogP contribution in [0.2, 0.25) is 0 Å². The molecular weight excluding hydrogens is 262 g/mol. The molecule has 0 bridgehead atoms. The molecular formula is C17H15N3O. The summed E-state index contributed by atoms with van der Waals surface area (Å²) in [7, 11) is 0. The lowest BCUT2D eigenvalue weighted by atomic mass is 10.1. The van der Waals surface area contributed by atoms with Gasteiger partial charge in [-0.2, -0.15) is 0 Å². The molecule has 0 aliphatic heterocycles. The summed E-state index contributed by atoms with van der Waals surface area (Å²) in [6.45, 7) is 4.10. The van der Waals surface area contributed by atoms with Crippen LogP contribution < -0.4 is 5.69 Å². The Bertz CT molecular complexity index is 895. The normalized spacial score (nSPS) is 11.0. The summed E-state index contributed by atoms with van der Waals surface area (Å²) in [6, 6.07) is 11.5. The van der Waals surface area contributed by atoms with E-state index < -0.39 is 0 Å². The predicted molar refractivity (Wildman–Crippen MR) is 82.8 cm³/mol. The van der Waals surface area contributed by atoms with Crippen LogP contribution in [0.25, 0.3) is 11.3 Å². The monoisotopic (exact) mass is 277 g/mol. The molecule has 0 atom stereocenters. The van der Waals surface area contributed by atoms with Crippen molar-refractivity contribution < 1.29 is 0 Å². The van der Waals surface area contributed by atoms with Crippen molar-refractivity contribution in [3.05, 3.63) is 64.5 Å². The highest BCUT2D eigenvalue weighted by atomic mass is 16.1. The Labute approximate surface area is 122 Å². The first kappa shape index (κ1) is 13.2. The summed E-state index contributed by atoms with van der Waals surface area (Å²) in [4.78, 5) is 17.1. The number of para-hydroxylation sites is 1.